The molecule has 0 aromatic heterocycles. The van der Waals surface area contributed by atoms with Crippen molar-refractivity contribution in [2.24, 2.45) is 5.92 Å². The van der Waals surface area contributed by atoms with Crippen LogP contribution < -0.4 is 0 Å². The molecule has 2 saturated heterocycles. The molecule has 3 rings (SSSR count). The number of likely N-dealkylation sites (tertiary alicyclic amines) is 1. The molecule has 3 aliphatic rings. The van der Waals surface area contributed by atoms with Crippen LogP contribution in [0.4, 0.5) is 0 Å². The van der Waals surface area contributed by atoms with Crippen molar-refractivity contribution >= 4 is 11.8 Å². The zero-order valence-corrected chi connectivity index (χ0v) is 14.8. The molecule has 2 heterocycles. The van der Waals surface area contributed by atoms with E-state index in [9.17, 15) is 14.7 Å². The zero-order valence-electron chi connectivity index (χ0n) is 14.8. The van der Waals surface area contributed by atoms with Crippen LogP contribution >= 0.6 is 0 Å². The lowest BCUT2D eigenvalue weighted by Crippen LogP contribution is -2.53. The van der Waals surface area contributed by atoms with Crippen LogP contribution in [0.2, 0.25) is 0 Å². The maximum absolute atomic E-state index is 12.7. The first-order chi connectivity index (χ1) is 11.6. The van der Waals surface area contributed by atoms with Crippen LogP contribution in [0.25, 0.3) is 0 Å². The molecule has 3 atom stereocenters. The van der Waals surface area contributed by atoms with Gasteiger partial charge in [-0.15, -0.1) is 0 Å². The number of aliphatic hydroxyl groups excluding tert-OH is 1. The molecular weight excluding hydrogens is 306 g/mol. The Labute approximate surface area is 144 Å². The van der Waals surface area contributed by atoms with Crippen molar-refractivity contribution in [1.29, 1.82) is 0 Å². The minimum Gasteiger partial charge on any atom is -0.393 e. The average molecular weight is 337 g/mol. The Balaban J connectivity index is 1.53. The third kappa shape index (κ3) is 3.91. The molecule has 2 aliphatic heterocycles. The van der Waals surface area contributed by atoms with Gasteiger partial charge in [-0.2, -0.15) is 0 Å². The number of aliphatic hydroxyl groups is 1. The number of amides is 2. The van der Waals surface area contributed by atoms with Crippen LogP contribution in [0.15, 0.2) is 0 Å². The fourth-order valence-electron chi connectivity index (χ4n) is 4.67. The number of carbonyl (C=O) groups is 2. The monoisotopic (exact) mass is 337 g/mol. The number of hydrogen-bond acceptors (Lipinski definition) is 4. The number of carbonyl (C=O) groups excluding carboxylic acids is 2. The highest BCUT2D eigenvalue weighted by molar-refractivity contribution is 5.79. The van der Waals surface area contributed by atoms with E-state index in [1.165, 1.54) is 6.42 Å². The summed E-state index contributed by atoms with van der Waals surface area (Å²) in [5.41, 5.74) is 0. The molecule has 0 spiro atoms. The first kappa shape index (κ1) is 17.7. The van der Waals surface area contributed by atoms with Gasteiger partial charge >= 0.3 is 0 Å². The van der Waals surface area contributed by atoms with E-state index in [-0.39, 0.29) is 17.9 Å². The van der Waals surface area contributed by atoms with Gasteiger partial charge in [0.15, 0.2) is 0 Å². The third-order valence-electron chi connectivity index (χ3n) is 6.11. The van der Waals surface area contributed by atoms with E-state index < -0.39 is 0 Å². The highest BCUT2D eigenvalue weighted by Gasteiger charge is 2.38. The molecule has 1 saturated carbocycles. The van der Waals surface area contributed by atoms with E-state index in [2.05, 4.69) is 4.90 Å². The lowest BCUT2D eigenvalue weighted by molar-refractivity contribution is -0.139. The van der Waals surface area contributed by atoms with Gasteiger partial charge in [0.05, 0.1) is 12.6 Å². The molecule has 0 aromatic rings. The summed E-state index contributed by atoms with van der Waals surface area (Å²) in [7, 11) is 0. The van der Waals surface area contributed by atoms with Crippen LogP contribution in [0.3, 0.4) is 0 Å². The van der Waals surface area contributed by atoms with Crippen LogP contribution in [-0.4, -0.2) is 83.0 Å². The van der Waals surface area contributed by atoms with E-state index in [0.29, 0.717) is 44.7 Å². The number of nitrogens with zero attached hydrogens (tertiary/aromatic N) is 3. The molecule has 0 aromatic carbocycles. The second-order valence-corrected chi connectivity index (χ2v) is 7.58. The molecule has 0 bridgehead atoms. The maximum atomic E-state index is 12.7. The second kappa shape index (κ2) is 7.83. The molecule has 3 fully saturated rings. The van der Waals surface area contributed by atoms with Crippen molar-refractivity contribution in [1.82, 2.24) is 14.7 Å². The Morgan fingerprint density at radius 2 is 1.58 bits per heavy atom. The summed E-state index contributed by atoms with van der Waals surface area (Å²) in [6.45, 7) is 5.59. The Morgan fingerprint density at radius 1 is 0.917 bits per heavy atom. The molecule has 136 valence electrons. The van der Waals surface area contributed by atoms with Crippen LogP contribution in [0, 0.1) is 5.92 Å². The van der Waals surface area contributed by atoms with Gasteiger partial charge < -0.3 is 14.9 Å². The normalized spacial score (nSPS) is 32.2. The standard InChI is InChI=1S/C18H31N3O3/c1-14(22)19-9-11-20(12-10-19)18(24)13-21-8-4-6-16(21)15-5-2-3-7-17(15)23/h15-17,23H,2-13H2,1H3/t15-,16+,17-/m0/s1. The van der Waals surface area contributed by atoms with Crippen molar-refractivity contribution in [2.45, 2.75) is 57.6 Å². The summed E-state index contributed by atoms with van der Waals surface area (Å²) in [5.74, 6) is 0.604. The zero-order chi connectivity index (χ0) is 17.1. The van der Waals surface area contributed by atoms with E-state index in [1.54, 1.807) is 11.8 Å². The van der Waals surface area contributed by atoms with Crippen LogP contribution in [-0.2, 0) is 9.59 Å². The highest BCUT2D eigenvalue weighted by Crippen LogP contribution is 2.34. The average Bonchev–Trinajstić information content (AvgIpc) is 3.03. The van der Waals surface area contributed by atoms with Crippen molar-refractivity contribution in [3.8, 4) is 0 Å². The summed E-state index contributed by atoms with van der Waals surface area (Å²) in [4.78, 5) is 30.1. The van der Waals surface area contributed by atoms with Crippen molar-refractivity contribution < 1.29 is 14.7 Å². The molecule has 1 N–H and O–H groups in total. The van der Waals surface area contributed by atoms with Crippen molar-refractivity contribution in [3.63, 3.8) is 0 Å². The van der Waals surface area contributed by atoms with Gasteiger partial charge in [-0.05, 0) is 32.2 Å². The fourth-order valence-corrected chi connectivity index (χ4v) is 4.67. The molecule has 24 heavy (non-hydrogen) atoms. The largest absolute Gasteiger partial charge is 0.393 e. The molecular formula is C18H31N3O3. The number of rotatable bonds is 3. The quantitative estimate of drug-likeness (QED) is 0.823. The molecule has 2 amide bonds. The van der Waals surface area contributed by atoms with Gasteiger partial charge in [-0.25, -0.2) is 0 Å². The smallest absolute Gasteiger partial charge is 0.236 e. The highest BCUT2D eigenvalue weighted by atomic mass is 16.3. The molecule has 6 nitrogen and oxygen atoms in total. The summed E-state index contributed by atoms with van der Waals surface area (Å²) >= 11 is 0. The summed E-state index contributed by atoms with van der Waals surface area (Å²) < 4.78 is 0. The van der Waals surface area contributed by atoms with Crippen molar-refractivity contribution in [2.75, 3.05) is 39.3 Å². The predicted molar refractivity (Wildman–Crippen MR) is 91.4 cm³/mol. The Morgan fingerprint density at radius 3 is 2.25 bits per heavy atom. The van der Waals surface area contributed by atoms with Gasteiger partial charge in [-0.3, -0.25) is 14.5 Å². The lowest BCUT2D eigenvalue weighted by atomic mass is 9.80. The molecule has 6 heteroatoms. The second-order valence-electron chi connectivity index (χ2n) is 7.58. The number of hydrogen-bond donors (Lipinski definition) is 1. The van der Waals surface area contributed by atoms with E-state index in [0.717, 1.165) is 38.6 Å². The van der Waals surface area contributed by atoms with Crippen molar-refractivity contribution in [3.05, 3.63) is 0 Å². The van der Waals surface area contributed by atoms with E-state index >= 15 is 0 Å². The summed E-state index contributed by atoms with van der Waals surface area (Å²) in [5, 5.41) is 10.4. The minimum atomic E-state index is -0.196. The Hall–Kier alpha value is -1.14. The van der Waals surface area contributed by atoms with Gasteiger partial charge in [0.25, 0.3) is 0 Å². The topological polar surface area (TPSA) is 64.1 Å². The van der Waals surface area contributed by atoms with E-state index in [1.807, 2.05) is 4.90 Å². The summed E-state index contributed by atoms with van der Waals surface area (Å²) in [6, 6.07) is 0.364. The Bertz CT molecular complexity index is 462. The van der Waals surface area contributed by atoms with Gasteiger partial charge in [0.2, 0.25) is 11.8 Å². The molecule has 0 unspecified atom stereocenters. The Kier molecular flexibility index (Phi) is 5.76. The van der Waals surface area contributed by atoms with Gasteiger partial charge in [-0.1, -0.05) is 12.8 Å². The fraction of sp³-hybridized carbons (Fsp3) is 0.889. The lowest BCUT2D eigenvalue weighted by Gasteiger charge is -2.39. The molecule has 1 aliphatic carbocycles. The first-order valence-corrected chi connectivity index (χ1v) is 9.51. The van der Waals surface area contributed by atoms with Gasteiger partial charge in [0, 0.05) is 45.1 Å². The summed E-state index contributed by atoms with van der Waals surface area (Å²) in [6.07, 6.45) is 6.37. The minimum absolute atomic E-state index is 0.0907. The number of piperazine rings is 1. The maximum Gasteiger partial charge on any atom is 0.236 e. The van der Waals surface area contributed by atoms with Crippen LogP contribution in [0.5, 0.6) is 0 Å². The van der Waals surface area contributed by atoms with E-state index in [4.69, 9.17) is 0 Å². The predicted octanol–water partition coefficient (Wildman–Crippen LogP) is 0.693. The third-order valence-corrected chi connectivity index (χ3v) is 6.11. The van der Waals surface area contributed by atoms with Gasteiger partial charge in [0.1, 0.15) is 0 Å². The van der Waals surface area contributed by atoms with Crippen LogP contribution in [0.1, 0.15) is 45.4 Å². The first-order valence-electron chi connectivity index (χ1n) is 9.51. The molecule has 0 radical (unpaired) electrons. The SMILES string of the molecule is CC(=O)N1CCN(C(=O)CN2CCC[C@@H]2[C@@H]2CCCC[C@@H]2O)CC1.